The second-order valence-corrected chi connectivity index (χ2v) is 5.84. The number of imidazole rings is 2. The average molecular weight is 329 g/mol. The Morgan fingerprint density at radius 3 is 2.20 bits per heavy atom. The molecule has 0 radical (unpaired) electrons. The van der Waals surface area contributed by atoms with Crippen molar-refractivity contribution in [3.8, 4) is 11.4 Å². The predicted octanol–water partition coefficient (Wildman–Crippen LogP) is 3.35. The lowest BCUT2D eigenvalue weighted by Crippen LogP contribution is -2.14. The van der Waals surface area contributed by atoms with Crippen molar-refractivity contribution < 1.29 is 0 Å². The van der Waals surface area contributed by atoms with Crippen LogP contribution >= 0.6 is 0 Å². The SMILES string of the molecule is c1ccc(-n2ccnc2)c(CNCc2ccc(-n3ccnc3)cc2)c1. The summed E-state index contributed by atoms with van der Waals surface area (Å²) in [5, 5.41) is 3.52. The van der Waals surface area contributed by atoms with Crippen LogP contribution in [0.5, 0.6) is 0 Å². The number of aromatic nitrogens is 4. The third-order valence-electron chi connectivity index (χ3n) is 4.16. The smallest absolute Gasteiger partial charge is 0.0991 e. The highest BCUT2D eigenvalue weighted by Crippen LogP contribution is 2.14. The van der Waals surface area contributed by atoms with Crippen molar-refractivity contribution in [2.24, 2.45) is 0 Å². The molecular weight excluding hydrogens is 310 g/mol. The molecule has 0 bridgehead atoms. The molecule has 0 amide bonds. The molecule has 0 saturated heterocycles. The summed E-state index contributed by atoms with van der Waals surface area (Å²) in [6, 6.07) is 16.9. The van der Waals surface area contributed by atoms with Gasteiger partial charge in [-0.15, -0.1) is 0 Å². The van der Waals surface area contributed by atoms with Gasteiger partial charge in [0.15, 0.2) is 0 Å². The highest BCUT2D eigenvalue weighted by Gasteiger charge is 2.03. The first kappa shape index (κ1) is 15.4. The normalized spacial score (nSPS) is 10.9. The van der Waals surface area contributed by atoms with Gasteiger partial charge in [0.2, 0.25) is 0 Å². The van der Waals surface area contributed by atoms with Crippen LogP contribution in [0, 0.1) is 0 Å². The summed E-state index contributed by atoms with van der Waals surface area (Å²) < 4.78 is 4.04. The van der Waals surface area contributed by atoms with Crippen molar-refractivity contribution in [1.82, 2.24) is 24.4 Å². The summed E-state index contributed by atoms with van der Waals surface area (Å²) in [6.45, 7) is 1.63. The number of rotatable bonds is 6. The summed E-state index contributed by atoms with van der Waals surface area (Å²) in [5.41, 5.74) is 4.77. The Morgan fingerprint density at radius 1 is 0.760 bits per heavy atom. The number of hydrogen-bond donors (Lipinski definition) is 1. The fourth-order valence-corrected chi connectivity index (χ4v) is 2.85. The van der Waals surface area contributed by atoms with Gasteiger partial charge in [0.1, 0.15) is 0 Å². The van der Waals surface area contributed by atoms with E-state index in [0.717, 1.165) is 24.5 Å². The number of benzene rings is 2. The zero-order chi connectivity index (χ0) is 16.9. The predicted molar refractivity (Wildman–Crippen MR) is 97.7 cm³/mol. The minimum atomic E-state index is 0.803. The summed E-state index contributed by atoms with van der Waals surface area (Å²) >= 11 is 0. The molecule has 0 saturated carbocycles. The summed E-state index contributed by atoms with van der Waals surface area (Å²) in [6.07, 6.45) is 11.1. The standard InChI is InChI=1S/C20H19N5/c1-2-4-20(25-12-10-22-16-25)18(3-1)14-23-13-17-5-7-19(8-6-17)24-11-9-21-15-24/h1-12,15-16,23H,13-14H2. The van der Waals surface area contributed by atoms with Crippen molar-refractivity contribution in [2.75, 3.05) is 0 Å². The van der Waals surface area contributed by atoms with Gasteiger partial charge in [-0.1, -0.05) is 30.3 Å². The van der Waals surface area contributed by atoms with Crippen molar-refractivity contribution >= 4 is 0 Å². The van der Waals surface area contributed by atoms with Crippen molar-refractivity contribution in [2.45, 2.75) is 13.1 Å². The van der Waals surface area contributed by atoms with E-state index in [9.17, 15) is 0 Å². The molecule has 0 atom stereocenters. The van der Waals surface area contributed by atoms with E-state index in [1.165, 1.54) is 11.1 Å². The van der Waals surface area contributed by atoms with Gasteiger partial charge in [-0.05, 0) is 29.3 Å². The molecule has 4 rings (SSSR count). The van der Waals surface area contributed by atoms with E-state index in [4.69, 9.17) is 0 Å². The molecule has 0 fully saturated rings. The number of nitrogens with zero attached hydrogens (tertiary/aromatic N) is 4. The van der Waals surface area contributed by atoms with E-state index in [1.807, 2.05) is 33.9 Å². The first-order chi connectivity index (χ1) is 12.4. The van der Waals surface area contributed by atoms with Crippen LogP contribution in [-0.2, 0) is 13.1 Å². The largest absolute Gasteiger partial charge is 0.309 e. The highest BCUT2D eigenvalue weighted by atomic mass is 15.0. The van der Waals surface area contributed by atoms with Crippen LogP contribution in [0.3, 0.4) is 0 Å². The molecule has 2 heterocycles. The molecule has 0 aliphatic heterocycles. The maximum atomic E-state index is 4.13. The molecule has 0 aliphatic rings. The Morgan fingerprint density at radius 2 is 1.48 bits per heavy atom. The third-order valence-corrected chi connectivity index (χ3v) is 4.16. The average Bonchev–Trinajstić information content (AvgIpc) is 3.37. The molecular formula is C20H19N5. The van der Waals surface area contributed by atoms with Crippen LogP contribution in [0.4, 0.5) is 0 Å². The summed E-state index contributed by atoms with van der Waals surface area (Å²) in [4.78, 5) is 8.21. The molecule has 0 unspecified atom stereocenters. The Bertz CT molecular complexity index is 909. The van der Waals surface area contributed by atoms with Gasteiger partial charge in [-0.3, -0.25) is 0 Å². The van der Waals surface area contributed by atoms with E-state index in [-0.39, 0.29) is 0 Å². The van der Waals surface area contributed by atoms with Gasteiger partial charge in [0.25, 0.3) is 0 Å². The van der Waals surface area contributed by atoms with Crippen LogP contribution in [0.2, 0.25) is 0 Å². The maximum absolute atomic E-state index is 4.13. The zero-order valence-corrected chi connectivity index (χ0v) is 13.8. The fraction of sp³-hybridized carbons (Fsp3) is 0.100. The first-order valence-electron chi connectivity index (χ1n) is 8.24. The topological polar surface area (TPSA) is 47.7 Å². The lowest BCUT2D eigenvalue weighted by atomic mass is 10.1. The molecule has 2 aromatic heterocycles. The monoisotopic (exact) mass is 329 g/mol. The van der Waals surface area contributed by atoms with Gasteiger partial charge in [0, 0.05) is 43.6 Å². The van der Waals surface area contributed by atoms with Crippen molar-refractivity contribution in [1.29, 1.82) is 0 Å². The molecule has 4 aromatic rings. The van der Waals surface area contributed by atoms with E-state index < -0.39 is 0 Å². The van der Waals surface area contributed by atoms with Gasteiger partial charge in [0.05, 0.1) is 18.3 Å². The van der Waals surface area contributed by atoms with E-state index in [1.54, 1.807) is 18.7 Å². The molecule has 1 N–H and O–H groups in total. The minimum absolute atomic E-state index is 0.803. The molecule has 0 aliphatic carbocycles. The first-order valence-corrected chi connectivity index (χ1v) is 8.24. The zero-order valence-electron chi connectivity index (χ0n) is 13.8. The molecule has 25 heavy (non-hydrogen) atoms. The molecule has 5 nitrogen and oxygen atoms in total. The number of hydrogen-bond acceptors (Lipinski definition) is 3. The fourth-order valence-electron chi connectivity index (χ4n) is 2.85. The van der Waals surface area contributed by atoms with Crippen molar-refractivity contribution in [3.63, 3.8) is 0 Å². The van der Waals surface area contributed by atoms with Crippen LogP contribution in [-0.4, -0.2) is 19.1 Å². The summed E-state index contributed by atoms with van der Waals surface area (Å²) in [5.74, 6) is 0. The van der Waals surface area contributed by atoms with Gasteiger partial charge in [-0.25, -0.2) is 9.97 Å². The van der Waals surface area contributed by atoms with E-state index >= 15 is 0 Å². The Kier molecular flexibility index (Phi) is 4.39. The van der Waals surface area contributed by atoms with Crippen LogP contribution in [0.1, 0.15) is 11.1 Å². The van der Waals surface area contributed by atoms with Crippen molar-refractivity contribution in [3.05, 3.63) is 97.1 Å². The van der Waals surface area contributed by atoms with E-state index in [0.29, 0.717) is 0 Å². The summed E-state index contributed by atoms with van der Waals surface area (Å²) in [7, 11) is 0. The second kappa shape index (κ2) is 7.15. The molecule has 124 valence electrons. The second-order valence-electron chi connectivity index (χ2n) is 5.84. The molecule has 2 aromatic carbocycles. The Hall–Kier alpha value is -3.18. The van der Waals surface area contributed by atoms with Gasteiger partial charge >= 0.3 is 0 Å². The van der Waals surface area contributed by atoms with Gasteiger partial charge in [-0.2, -0.15) is 0 Å². The highest BCUT2D eigenvalue weighted by molar-refractivity contribution is 5.41. The minimum Gasteiger partial charge on any atom is -0.309 e. The lowest BCUT2D eigenvalue weighted by Gasteiger charge is -2.11. The lowest BCUT2D eigenvalue weighted by molar-refractivity contribution is 0.690. The number of nitrogens with one attached hydrogen (secondary N) is 1. The van der Waals surface area contributed by atoms with Crippen LogP contribution in [0.15, 0.2) is 86.0 Å². The van der Waals surface area contributed by atoms with Gasteiger partial charge < -0.3 is 14.5 Å². The Balaban J connectivity index is 1.40. The quantitative estimate of drug-likeness (QED) is 0.590. The molecule has 0 spiro atoms. The van der Waals surface area contributed by atoms with Crippen LogP contribution in [0.25, 0.3) is 11.4 Å². The maximum Gasteiger partial charge on any atom is 0.0991 e. The van der Waals surface area contributed by atoms with E-state index in [2.05, 4.69) is 57.7 Å². The van der Waals surface area contributed by atoms with Crippen LogP contribution < -0.4 is 5.32 Å². The number of para-hydroxylation sites is 1. The Labute approximate surface area is 146 Å². The third kappa shape index (κ3) is 3.51. The molecule has 5 heteroatoms.